The SMILES string of the molecule is CC1(C)C[C@@H](NCc2ccc(O)cc2)CCO1. The lowest BCUT2D eigenvalue weighted by Crippen LogP contribution is -2.43. The van der Waals surface area contributed by atoms with Crippen LogP contribution < -0.4 is 5.32 Å². The van der Waals surface area contributed by atoms with Crippen LogP contribution in [0.15, 0.2) is 24.3 Å². The summed E-state index contributed by atoms with van der Waals surface area (Å²) in [7, 11) is 0. The van der Waals surface area contributed by atoms with Crippen molar-refractivity contribution in [2.45, 2.75) is 44.9 Å². The summed E-state index contributed by atoms with van der Waals surface area (Å²) in [5.74, 6) is 0.320. The number of aromatic hydroxyl groups is 1. The van der Waals surface area contributed by atoms with E-state index >= 15 is 0 Å². The van der Waals surface area contributed by atoms with Crippen LogP contribution >= 0.6 is 0 Å². The molecule has 1 aliphatic rings. The highest BCUT2D eigenvalue weighted by Crippen LogP contribution is 2.24. The van der Waals surface area contributed by atoms with Crippen molar-refractivity contribution in [3.8, 4) is 5.75 Å². The van der Waals surface area contributed by atoms with Gasteiger partial charge >= 0.3 is 0 Å². The van der Waals surface area contributed by atoms with Crippen molar-refractivity contribution in [2.75, 3.05) is 6.61 Å². The van der Waals surface area contributed by atoms with Crippen LogP contribution in [0.4, 0.5) is 0 Å². The Bertz CT molecular complexity index is 359. The minimum absolute atomic E-state index is 0.00905. The van der Waals surface area contributed by atoms with Crippen molar-refractivity contribution in [3.63, 3.8) is 0 Å². The molecule has 0 aromatic heterocycles. The molecule has 0 spiro atoms. The zero-order valence-corrected chi connectivity index (χ0v) is 10.6. The molecule has 0 radical (unpaired) electrons. The summed E-state index contributed by atoms with van der Waals surface area (Å²) in [6.07, 6.45) is 2.12. The molecule has 1 saturated heterocycles. The van der Waals surface area contributed by atoms with Gasteiger partial charge in [-0.3, -0.25) is 0 Å². The van der Waals surface area contributed by atoms with Crippen LogP contribution in [0.1, 0.15) is 32.3 Å². The van der Waals surface area contributed by atoms with Crippen LogP contribution in [-0.2, 0) is 11.3 Å². The second kappa shape index (κ2) is 5.07. The molecule has 0 saturated carbocycles. The standard InChI is InChI=1S/C14H21NO2/c1-14(2)9-12(7-8-17-14)15-10-11-3-5-13(16)6-4-11/h3-6,12,15-16H,7-10H2,1-2H3/t12-/m0/s1. The maximum Gasteiger partial charge on any atom is 0.115 e. The molecule has 0 unspecified atom stereocenters. The Morgan fingerprint density at radius 2 is 2.06 bits per heavy atom. The summed E-state index contributed by atoms with van der Waals surface area (Å²) in [6, 6.07) is 7.88. The number of phenols is 1. The van der Waals surface area contributed by atoms with E-state index in [1.807, 2.05) is 12.1 Å². The summed E-state index contributed by atoms with van der Waals surface area (Å²) < 4.78 is 5.69. The molecule has 1 heterocycles. The van der Waals surface area contributed by atoms with Gasteiger partial charge in [-0.05, 0) is 44.4 Å². The van der Waals surface area contributed by atoms with E-state index in [1.165, 1.54) is 5.56 Å². The van der Waals surface area contributed by atoms with Crippen molar-refractivity contribution in [2.24, 2.45) is 0 Å². The van der Waals surface area contributed by atoms with E-state index < -0.39 is 0 Å². The molecule has 1 fully saturated rings. The molecular weight excluding hydrogens is 214 g/mol. The highest BCUT2D eigenvalue weighted by molar-refractivity contribution is 5.25. The highest BCUT2D eigenvalue weighted by Gasteiger charge is 2.28. The predicted octanol–water partition coefficient (Wildman–Crippen LogP) is 2.44. The highest BCUT2D eigenvalue weighted by atomic mass is 16.5. The molecule has 1 aromatic carbocycles. The van der Waals surface area contributed by atoms with E-state index in [1.54, 1.807) is 12.1 Å². The average molecular weight is 235 g/mol. The number of benzene rings is 1. The maximum atomic E-state index is 9.21. The van der Waals surface area contributed by atoms with E-state index in [0.717, 1.165) is 26.0 Å². The van der Waals surface area contributed by atoms with Crippen LogP contribution in [0.25, 0.3) is 0 Å². The predicted molar refractivity (Wildman–Crippen MR) is 68.0 cm³/mol. The van der Waals surface area contributed by atoms with Gasteiger partial charge in [0.25, 0.3) is 0 Å². The third-order valence-electron chi connectivity index (χ3n) is 3.23. The van der Waals surface area contributed by atoms with Gasteiger partial charge in [0.1, 0.15) is 5.75 Å². The maximum absolute atomic E-state index is 9.21. The van der Waals surface area contributed by atoms with Crippen molar-refractivity contribution in [1.82, 2.24) is 5.32 Å². The zero-order valence-electron chi connectivity index (χ0n) is 10.6. The first-order valence-corrected chi connectivity index (χ1v) is 6.20. The molecule has 3 nitrogen and oxygen atoms in total. The Labute approximate surface area is 103 Å². The lowest BCUT2D eigenvalue weighted by molar-refractivity contribution is -0.0630. The Balaban J connectivity index is 1.84. The summed E-state index contributed by atoms with van der Waals surface area (Å²) in [6.45, 7) is 5.96. The molecule has 94 valence electrons. The fourth-order valence-corrected chi connectivity index (χ4v) is 2.28. The van der Waals surface area contributed by atoms with Gasteiger partial charge in [-0.15, -0.1) is 0 Å². The van der Waals surface area contributed by atoms with Gasteiger partial charge in [0, 0.05) is 19.2 Å². The fraction of sp³-hybridized carbons (Fsp3) is 0.571. The summed E-state index contributed by atoms with van der Waals surface area (Å²) in [5, 5.41) is 12.8. The minimum Gasteiger partial charge on any atom is -0.508 e. The van der Waals surface area contributed by atoms with Gasteiger partial charge < -0.3 is 15.2 Å². The Morgan fingerprint density at radius 1 is 1.35 bits per heavy atom. The van der Waals surface area contributed by atoms with Crippen molar-refractivity contribution < 1.29 is 9.84 Å². The number of hydrogen-bond acceptors (Lipinski definition) is 3. The van der Waals surface area contributed by atoms with Crippen LogP contribution in [0.2, 0.25) is 0 Å². The molecule has 3 heteroatoms. The molecule has 1 aliphatic heterocycles. The number of rotatable bonds is 3. The minimum atomic E-state index is -0.00905. The Hall–Kier alpha value is -1.06. The zero-order chi connectivity index (χ0) is 12.3. The van der Waals surface area contributed by atoms with E-state index in [-0.39, 0.29) is 5.60 Å². The van der Waals surface area contributed by atoms with E-state index in [0.29, 0.717) is 11.8 Å². The molecule has 0 amide bonds. The van der Waals surface area contributed by atoms with Gasteiger partial charge in [-0.2, -0.15) is 0 Å². The summed E-state index contributed by atoms with van der Waals surface area (Å²) >= 11 is 0. The lowest BCUT2D eigenvalue weighted by Gasteiger charge is -2.36. The van der Waals surface area contributed by atoms with E-state index in [4.69, 9.17) is 4.74 Å². The van der Waals surface area contributed by atoms with Crippen LogP contribution in [0, 0.1) is 0 Å². The molecule has 1 atom stereocenters. The molecule has 17 heavy (non-hydrogen) atoms. The first kappa shape index (κ1) is 12.4. The van der Waals surface area contributed by atoms with Gasteiger partial charge in [0.15, 0.2) is 0 Å². The first-order chi connectivity index (χ1) is 8.05. The smallest absolute Gasteiger partial charge is 0.115 e. The van der Waals surface area contributed by atoms with Crippen molar-refractivity contribution in [3.05, 3.63) is 29.8 Å². The Morgan fingerprint density at radius 3 is 2.71 bits per heavy atom. The third kappa shape index (κ3) is 3.72. The molecule has 2 N–H and O–H groups in total. The average Bonchev–Trinajstić information content (AvgIpc) is 2.27. The van der Waals surface area contributed by atoms with Crippen LogP contribution in [0.3, 0.4) is 0 Å². The summed E-state index contributed by atoms with van der Waals surface area (Å²) in [5.41, 5.74) is 1.19. The molecule has 1 aromatic rings. The van der Waals surface area contributed by atoms with Gasteiger partial charge in [0.05, 0.1) is 5.60 Å². The summed E-state index contributed by atoms with van der Waals surface area (Å²) in [4.78, 5) is 0. The van der Waals surface area contributed by atoms with Crippen molar-refractivity contribution in [1.29, 1.82) is 0 Å². The van der Waals surface area contributed by atoms with Gasteiger partial charge in [-0.25, -0.2) is 0 Å². The molecule has 0 bridgehead atoms. The quantitative estimate of drug-likeness (QED) is 0.845. The van der Waals surface area contributed by atoms with Crippen LogP contribution in [-0.4, -0.2) is 23.4 Å². The van der Waals surface area contributed by atoms with E-state index in [9.17, 15) is 5.11 Å². The second-order valence-electron chi connectivity index (χ2n) is 5.35. The monoisotopic (exact) mass is 235 g/mol. The number of hydrogen-bond donors (Lipinski definition) is 2. The van der Waals surface area contributed by atoms with Crippen LogP contribution in [0.5, 0.6) is 5.75 Å². The Kier molecular flexibility index (Phi) is 3.69. The normalized spacial score (nSPS) is 23.5. The fourth-order valence-electron chi connectivity index (χ4n) is 2.28. The largest absolute Gasteiger partial charge is 0.508 e. The second-order valence-corrected chi connectivity index (χ2v) is 5.35. The third-order valence-corrected chi connectivity index (χ3v) is 3.23. The first-order valence-electron chi connectivity index (χ1n) is 6.20. The molecule has 0 aliphatic carbocycles. The molecular formula is C14H21NO2. The van der Waals surface area contributed by atoms with Gasteiger partial charge in [-0.1, -0.05) is 12.1 Å². The topological polar surface area (TPSA) is 41.5 Å². The number of nitrogens with one attached hydrogen (secondary N) is 1. The lowest BCUT2D eigenvalue weighted by atomic mass is 9.94. The van der Waals surface area contributed by atoms with Gasteiger partial charge in [0.2, 0.25) is 0 Å². The van der Waals surface area contributed by atoms with Crippen molar-refractivity contribution >= 4 is 0 Å². The number of phenolic OH excluding ortho intramolecular Hbond substituents is 1. The number of ether oxygens (including phenoxy) is 1. The molecule has 2 rings (SSSR count). The van der Waals surface area contributed by atoms with E-state index in [2.05, 4.69) is 19.2 Å².